The van der Waals surface area contributed by atoms with Crippen molar-refractivity contribution in [2.24, 2.45) is 0 Å². The fourth-order valence-corrected chi connectivity index (χ4v) is 1.61. The Bertz CT molecular complexity index is 344. The van der Waals surface area contributed by atoms with E-state index >= 15 is 0 Å². The Balaban J connectivity index is 1.94. The van der Waals surface area contributed by atoms with E-state index in [2.05, 4.69) is 22.8 Å². The molecule has 1 amide bonds. The average molecular weight is 206 g/mol. The number of hydrogen-bond acceptors (Lipinski definition) is 2. The summed E-state index contributed by atoms with van der Waals surface area (Å²) in [7, 11) is 0. The zero-order valence-corrected chi connectivity index (χ0v) is 8.36. The Morgan fingerprint density at radius 1 is 1.40 bits per heavy atom. The molecule has 4 heteroatoms. The highest BCUT2D eigenvalue weighted by atomic mass is 16.4. The van der Waals surface area contributed by atoms with Gasteiger partial charge in [0.25, 0.3) is 0 Å². The van der Waals surface area contributed by atoms with Crippen LogP contribution in [0.15, 0.2) is 24.3 Å². The molecule has 15 heavy (non-hydrogen) atoms. The van der Waals surface area contributed by atoms with Crippen LogP contribution in [0.4, 0.5) is 4.79 Å². The first-order chi connectivity index (χ1) is 7.25. The van der Waals surface area contributed by atoms with Gasteiger partial charge in [-0.3, -0.25) is 0 Å². The minimum atomic E-state index is -0.984. The van der Waals surface area contributed by atoms with Crippen LogP contribution in [-0.4, -0.2) is 24.3 Å². The van der Waals surface area contributed by atoms with Crippen molar-refractivity contribution in [3.05, 3.63) is 35.4 Å². The lowest BCUT2D eigenvalue weighted by Crippen LogP contribution is -2.39. The van der Waals surface area contributed by atoms with Crippen molar-refractivity contribution in [2.45, 2.75) is 12.5 Å². The Morgan fingerprint density at radius 2 is 2.07 bits per heavy atom. The largest absolute Gasteiger partial charge is 0.465 e. The fraction of sp³-hybridized carbons (Fsp3) is 0.364. The second kappa shape index (κ2) is 4.31. The first-order valence-electron chi connectivity index (χ1n) is 5.02. The van der Waals surface area contributed by atoms with E-state index in [9.17, 15) is 4.79 Å². The van der Waals surface area contributed by atoms with Crippen LogP contribution in [0.25, 0.3) is 0 Å². The lowest BCUT2D eigenvalue weighted by Gasteiger charge is -2.27. The van der Waals surface area contributed by atoms with E-state index < -0.39 is 6.09 Å². The molecule has 4 nitrogen and oxygen atoms in total. The second-order valence-corrected chi connectivity index (χ2v) is 3.76. The normalized spacial score (nSPS) is 15.7. The molecule has 1 aromatic carbocycles. The van der Waals surface area contributed by atoms with Crippen LogP contribution in [-0.2, 0) is 6.54 Å². The topological polar surface area (TPSA) is 61.4 Å². The van der Waals surface area contributed by atoms with Gasteiger partial charge in [0.1, 0.15) is 0 Å². The number of amides is 1. The Hall–Kier alpha value is -1.55. The highest BCUT2D eigenvalue weighted by Gasteiger charge is 2.18. The molecule has 1 saturated heterocycles. The molecule has 3 N–H and O–H groups in total. The van der Waals surface area contributed by atoms with E-state index in [1.54, 1.807) is 0 Å². The lowest BCUT2D eigenvalue weighted by atomic mass is 9.93. The van der Waals surface area contributed by atoms with E-state index in [0.29, 0.717) is 12.5 Å². The van der Waals surface area contributed by atoms with Gasteiger partial charge in [-0.25, -0.2) is 4.79 Å². The summed E-state index contributed by atoms with van der Waals surface area (Å²) in [5.74, 6) is 0.631. The van der Waals surface area contributed by atoms with Crippen LogP contribution in [0.5, 0.6) is 0 Å². The molecule has 80 valence electrons. The maximum atomic E-state index is 10.3. The molecule has 0 bridgehead atoms. The van der Waals surface area contributed by atoms with Gasteiger partial charge < -0.3 is 15.7 Å². The molecule has 0 saturated carbocycles. The first-order valence-corrected chi connectivity index (χ1v) is 5.02. The van der Waals surface area contributed by atoms with Gasteiger partial charge in [-0.2, -0.15) is 0 Å². The zero-order valence-electron chi connectivity index (χ0n) is 8.36. The predicted molar refractivity (Wildman–Crippen MR) is 56.9 cm³/mol. The van der Waals surface area contributed by atoms with Crippen LogP contribution in [0, 0.1) is 0 Å². The second-order valence-electron chi connectivity index (χ2n) is 3.76. The summed E-state index contributed by atoms with van der Waals surface area (Å²) in [4.78, 5) is 10.3. The summed E-state index contributed by atoms with van der Waals surface area (Å²) in [6.45, 7) is 2.47. The molecule has 0 aromatic heterocycles. The van der Waals surface area contributed by atoms with Crippen molar-refractivity contribution in [3.63, 3.8) is 0 Å². The molecule has 0 spiro atoms. The van der Waals surface area contributed by atoms with Crippen molar-refractivity contribution < 1.29 is 9.90 Å². The molecule has 1 aliphatic heterocycles. The van der Waals surface area contributed by atoms with Gasteiger partial charge >= 0.3 is 6.09 Å². The van der Waals surface area contributed by atoms with Crippen molar-refractivity contribution in [1.82, 2.24) is 10.6 Å². The average Bonchev–Trinajstić information content (AvgIpc) is 2.14. The summed E-state index contributed by atoms with van der Waals surface area (Å²) in [6, 6.07) is 8.10. The zero-order chi connectivity index (χ0) is 10.7. The third-order valence-electron chi connectivity index (χ3n) is 2.68. The molecule has 0 radical (unpaired) electrons. The van der Waals surface area contributed by atoms with Crippen LogP contribution in [0.2, 0.25) is 0 Å². The number of carbonyl (C=O) groups is 1. The van der Waals surface area contributed by atoms with Crippen LogP contribution in [0.3, 0.4) is 0 Å². The van der Waals surface area contributed by atoms with E-state index in [0.717, 1.165) is 18.7 Å². The standard InChI is InChI=1S/C11H14N2O2/c14-11(15)13-5-8-1-3-9(4-2-8)10-6-12-7-10/h1-4,10,12-13H,5-7H2,(H,14,15). The van der Waals surface area contributed by atoms with E-state index in [1.165, 1.54) is 5.56 Å². The van der Waals surface area contributed by atoms with Crippen LogP contribution in [0.1, 0.15) is 17.0 Å². The molecule has 0 aliphatic carbocycles. The molecular formula is C11H14N2O2. The fourth-order valence-electron chi connectivity index (χ4n) is 1.61. The SMILES string of the molecule is O=C(O)NCc1ccc(C2CNC2)cc1. The van der Waals surface area contributed by atoms with Crippen molar-refractivity contribution >= 4 is 6.09 Å². The third kappa shape index (κ3) is 2.47. The monoisotopic (exact) mass is 206 g/mol. The van der Waals surface area contributed by atoms with E-state index in [-0.39, 0.29) is 0 Å². The summed E-state index contributed by atoms with van der Waals surface area (Å²) < 4.78 is 0. The summed E-state index contributed by atoms with van der Waals surface area (Å²) in [5, 5.41) is 14.0. The summed E-state index contributed by atoms with van der Waals surface area (Å²) >= 11 is 0. The van der Waals surface area contributed by atoms with Gasteiger partial charge in [-0.1, -0.05) is 24.3 Å². The smallest absolute Gasteiger partial charge is 0.404 e. The molecule has 1 heterocycles. The van der Waals surface area contributed by atoms with Crippen molar-refractivity contribution in [3.8, 4) is 0 Å². The van der Waals surface area contributed by atoms with E-state index in [4.69, 9.17) is 5.11 Å². The highest BCUT2D eigenvalue weighted by molar-refractivity contribution is 5.64. The number of carboxylic acid groups (broad SMARTS) is 1. The predicted octanol–water partition coefficient (Wildman–Crippen LogP) is 1.14. The highest BCUT2D eigenvalue weighted by Crippen LogP contribution is 2.19. The van der Waals surface area contributed by atoms with Gasteiger partial charge in [0, 0.05) is 25.6 Å². The van der Waals surface area contributed by atoms with Gasteiger partial charge in [-0.15, -0.1) is 0 Å². The van der Waals surface area contributed by atoms with Crippen molar-refractivity contribution in [2.75, 3.05) is 13.1 Å². The van der Waals surface area contributed by atoms with Gasteiger partial charge in [0.2, 0.25) is 0 Å². The van der Waals surface area contributed by atoms with Crippen molar-refractivity contribution in [1.29, 1.82) is 0 Å². The lowest BCUT2D eigenvalue weighted by molar-refractivity contribution is 0.194. The third-order valence-corrected chi connectivity index (χ3v) is 2.68. The number of rotatable bonds is 3. The molecule has 2 rings (SSSR count). The quantitative estimate of drug-likeness (QED) is 0.695. The minimum absolute atomic E-state index is 0.374. The van der Waals surface area contributed by atoms with Gasteiger partial charge in [-0.05, 0) is 11.1 Å². The van der Waals surface area contributed by atoms with Crippen LogP contribution < -0.4 is 10.6 Å². The molecular weight excluding hydrogens is 192 g/mol. The first kappa shape index (κ1) is 9.98. The molecule has 1 aromatic rings. The Morgan fingerprint density at radius 3 is 2.53 bits per heavy atom. The summed E-state index contributed by atoms with van der Waals surface area (Å²) in [6.07, 6.45) is -0.984. The minimum Gasteiger partial charge on any atom is -0.465 e. The summed E-state index contributed by atoms with van der Waals surface area (Å²) in [5.41, 5.74) is 2.32. The van der Waals surface area contributed by atoms with Crippen LogP contribution >= 0.6 is 0 Å². The number of benzene rings is 1. The number of nitrogens with one attached hydrogen (secondary N) is 2. The Kier molecular flexibility index (Phi) is 2.87. The molecule has 1 aliphatic rings. The maximum absolute atomic E-state index is 10.3. The molecule has 0 atom stereocenters. The van der Waals surface area contributed by atoms with E-state index in [1.807, 2.05) is 12.1 Å². The molecule has 0 unspecified atom stereocenters. The molecule has 1 fully saturated rings. The van der Waals surface area contributed by atoms with Gasteiger partial charge in [0.15, 0.2) is 0 Å². The maximum Gasteiger partial charge on any atom is 0.404 e. The van der Waals surface area contributed by atoms with Gasteiger partial charge in [0.05, 0.1) is 0 Å². The number of hydrogen-bond donors (Lipinski definition) is 3. The Labute approximate surface area is 88.3 Å².